The van der Waals surface area contributed by atoms with Gasteiger partial charge in [-0.15, -0.1) is 0 Å². The van der Waals surface area contributed by atoms with Gasteiger partial charge in [0.25, 0.3) is 0 Å². The van der Waals surface area contributed by atoms with Crippen LogP contribution in [0.25, 0.3) is 0 Å². The molecule has 1 aliphatic carbocycles. The second kappa shape index (κ2) is 6.60. The molecular weight excluding hydrogens is 324 g/mol. The predicted molar refractivity (Wildman–Crippen MR) is 105 cm³/mol. The van der Waals surface area contributed by atoms with Crippen LogP contribution in [0.15, 0.2) is 48.5 Å². The first-order chi connectivity index (χ1) is 12.2. The number of aryl methyl sites for hydroxylation is 1. The van der Waals surface area contributed by atoms with Crippen molar-refractivity contribution in [1.29, 1.82) is 0 Å². The maximum atomic E-state index is 12.7. The maximum Gasteiger partial charge on any atom is 0.240 e. The van der Waals surface area contributed by atoms with Crippen molar-refractivity contribution in [3.8, 4) is 0 Å². The van der Waals surface area contributed by atoms with Gasteiger partial charge in [-0.25, -0.2) is 0 Å². The lowest BCUT2D eigenvalue weighted by Gasteiger charge is -2.20. The van der Waals surface area contributed by atoms with Crippen LogP contribution < -0.4 is 10.6 Å². The Morgan fingerprint density at radius 3 is 2.00 bits per heavy atom. The summed E-state index contributed by atoms with van der Waals surface area (Å²) in [6, 6.07) is 15.4. The van der Waals surface area contributed by atoms with Crippen LogP contribution in [0.2, 0.25) is 0 Å². The molecule has 4 nitrogen and oxygen atoms in total. The Labute approximate surface area is 155 Å². The Kier molecular flexibility index (Phi) is 4.61. The molecule has 1 aliphatic rings. The predicted octanol–water partition coefficient (Wildman–Crippen LogP) is 4.65. The number of benzene rings is 2. The van der Waals surface area contributed by atoms with Crippen molar-refractivity contribution in [2.24, 2.45) is 5.41 Å². The van der Waals surface area contributed by atoms with Crippen LogP contribution in [0.3, 0.4) is 0 Å². The minimum Gasteiger partial charge on any atom is -0.325 e. The van der Waals surface area contributed by atoms with E-state index in [-0.39, 0.29) is 17.2 Å². The molecule has 2 aromatic carbocycles. The molecule has 0 aromatic heterocycles. The number of amides is 2. The highest BCUT2D eigenvalue weighted by Crippen LogP contribution is 2.47. The van der Waals surface area contributed by atoms with Crippen LogP contribution in [0, 0.1) is 12.3 Å². The van der Waals surface area contributed by atoms with E-state index in [0.717, 1.165) is 16.9 Å². The molecule has 26 heavy (non-hydrogen) atoms. The smallest absolute Gasteiger partial charge is 0.240 e. The summed E-state index contributed by atoms with van der Waals surface area (Å²) in [4.78, 5) is 25.4. The van der Waals surface area contributed by atoms with Crippen LogP contribution in [-0.2, 0) is 15.0 Å². The highest BCUT2D eigenvalue weighted by atomic mass is 16.2. The summed E-state index contributed by atoms with van der Waals surface area (Å²) in [6.45, 7) is 8.38. The second-order valence-corrected chi connectivity index (χ2v) is 8.13. The Bertz CT molecular complexity index is 828. The summed E-state index contributed by atoms with van der Waals surface area (Å²) in [5.41, 5.74) is 2.77. The summed E-state index contributed by atoms with van der Waals surface area (Å²) in [7, 11) is 0. The third-order valence-electron chi connectivity index (χ3n) is 5.02. The fourth-order valence-electron chi connectivity index (χ4n) is 2.94. The average molecular weight is 350 g/mol. The van der Waals surface area contributed by atoms with Crippen molar-refractivity contribution in [2.75, 3.05) is 10.6 Å². The zero-order valence-electron chi connectivity index (χ0n) is 15.8. The van der Waals surface area contributed by atoms with Gasteiger partial charge in [0.2, 0.25) is 11.8 Å². The molecule has 0 heterocycles. The molecule has 0 bridgehead atoms. The van der Waals surface area contributed by atoms with E-state index < -0.39 is 5.41 Å². The van der Waals surface area contributed by atoms with Crippen LogP contribution in [-0.4, -0.2) is 11.8 Å². The first-order valence-electron chi connectivity index (χ1n) is 9.01. The van der Waals surface area contributed by atoms with Gasteiger partial charge >= 0.3 is 0 Å². The quantitative estimate of drug-likeness (QED) is 0.789. The van der Waals surface area contributed by atoms with Crippen molar-refractivity contribution in [3.05, 3.63) is 59.7 Å². The number of hydrogen-bond acceptors (Lipinski definition) is 2. The number of anilines is 2. The fraction of sp³-hybridized carbons (Fsp3) is 0.364. The molecule has 0 saturated heterocycles. The van der Waals surface area contributed by atoms with Gasteiger partial charge in [0.1, 0.15) is 5.41 Å². The summed E-state index contributed by atoms with van der Waals surface area (Å²) in [5, 5.41) is 5.81. The topological polar surface area (TPSA) is 58.2 Å². The van der Waals surface area contributed by atoms with Crippen molar-refractivity contribution in [3.63, 3.8) is 0 Å². The molecule has 2 aromatic rings. The minimum atomic E-state index is -0.953. The molecule has 4 heteroatoms. The second-order valence-electron chi connectivity index (χ2n) is 8.13. The van der Waals surface area contributed by atoms with Crippen molar-refractivity contribution < 1.29 is 9.59 Å². The van der Waals surface area contributed by atoms with Gasteiger partial charge in [-0.1, -0.05) is 51.1 Å². The van der Waals surface area contributed by atoms with E-state index in [1.165, 1.54) is 5.56 Å². The number of hydrogen-bond donors (Lipinski definition) is 2. The van der Waals surface area contributed by atoms with E-state index in [0.29, 0.717) is 12.8 Å². The van der Waals surface area contributed by atoms with Crippen LogP contribution in [0.4, 0.5) is 11.4 Å². The highest BCUT2D eigenvalue weighted by molar-refractivity contribution is 6.17. The van der Waals surface area contributed by atoms with Crippen LogP contribution in [0.1, 0.15) is 44.7 Å². The fourth-order valence-corrected chi connectivity index (χ4v) is 2.94. The van der Waals surface area contributed by atoms with Crippen molar-refractivity contribution >= 4 is 23.2 Å². The van der Waals surface area contributed by atoms with Crippen LogP contribution in [0.5, 0.6) is 0 Å². The largest absolute Gasteiger partial charge is 0.325 e. The Hall–Kier alpha value is -2.62. The molecule has 1 saturated carbocycles. The Morgan fingerprint density at radius 2 is 1.46 bits per heavy atom. The van der Waals surface area contributed by atoms with Gasteiger partial charge in [-0.05, 0) is 54.5 Å². The zero-order chi connectivity index (χ0) is 18.9. The van der Waals surface area contributed by atoms with Gasteiger partial charge in [0.15, 0.2) is 0 Å². The van der Waals surface area contributed by atoms with E-state index in [4.69, 9.17) is 0 Å². The lowest BCUT2D eigenvalue weighted by molar-refractivity contribution is -0.131. The van der Waals surface area contributed by atoms with E-state index in [1.54, 1.807) is 0 Å². The molecule has 0 atom stereocenters. The number of carbonyl (C=O) groups is 2. The number of rotatable bonds is 4. The molecule has 0 aliphatic heterocycles. The number of para-hydroxylation sites is 1. The summed E-state index contributed by atoms with van der Waals surface area (Å²) >= 11 is 0. The molecule has 136 valence electrons. The van der Waals surface area contributed by atoms with Gasteiger partial charge in [0.05, 0.1) is 0 Å². The average Bonchev–Trinajstić information content (AvgIpc) is 3.38. The molecule has 0 unspecified atom stereocenters. The SMILES string of the molecule is Cc1ccccc1NC(=O)C1(C(=O)Nc2ccc(C(C)(C)C)cc2)CC1. The number of nitrogens with one attached hydrogen (secondary N) is 2. The lowest BCUT2D eigenvalue weighted by atomic mass is 9.87. The van der Waals surface area contributed by atoms with Gasteiger partial charge < -0.3 is 10.6 Å². The molecule has 2 N–H and O–H groups in total. The third-order valence-corrected chi connectivity index (χ3v) is 5.02. The van der Waals surface area contributed by atoms with Crippen molar-refractivity contribution in [1.82, 2.24) is 0 Å². The molecule has 3 rings (SSSR count). The molecule has 0 spiro atoms. The van der Waals surface area contributed by atoms with Gasteiger partial charge in [-0.2, -0.15) is 0 Å². The van der Waals surface area contributed by atoms with Crippen molar-refractivity contribution in [2.45, 2.75) is 46.0 Å². The lowest BCUT2D eigenvalue weighted by Crippen LogP contribution is -2.35. The van der Waals surface area contributed by atoms with E-state index in [1.807, 2.05) is 55.5 Å². The summed E-state index contributed by atoms with van der Waals surface area (Å²) in [5.74, 6) is -0.456. The van der Waals surface area contributed by atoms with Crippen LogP contribution >= 0.6 is 0 Å². The first-order valence-corrected chi connectivity index (χ1v) is 9.01. The van der Waals surface area contributed by atoms with E-state index in [2.05, 4.69) is 31.4 Å². The summed E-state index contributed by atoms with van der Waals surface area (Å²) in [6.07, 6.45) is 1.16. The normalized spacial score (nSPS) is 15.2. The standard InChI is InChI=1S/C22H26N2O2/c1-15-7-5-6-8-18(15)24-20(26)22(13-14-22)19(25)23-17-11-9-16(10-12-17)21(2,3)4/h5-12H,13-14H2,1-4H3,(H,23,25)(H,24,26). The minimum absolute atomic E-state index is 0.0632. The summed E-state index contributed by atoms with van der Waals surface area (Å²) < 4.78 is 0. The molecule has 0 radical (unpaired) electrons. The maximum absolute atomic E-state index is 12.7. The van der Waals surface area contributed by atoms with Gasteiger partial charge in [-0.3, -0.25) is 9.59 Å². The molecule has 1 fully saturated rings. The first kappa shape index (κ1) is 18.2. The third kappa shape index (κ3) is 3.64. The Balaban J connectivity index is 1.69. The Morgan fingerprint density at radius 1 is 0.885 bits per heavy atom. The number of carbonyl (C=O) groups excluding carboxylic acids is 2. The van der Waals surface area contributed by atoms with E-state index in [9.17, 15) is 9.59 Å². The monoisotopic (exact) mass is 350 g/mol. The van der Waals surface area contributed by atoms with Gasteiger partial charge in [0, 0.05) is 11.4 Å². The highest BCUT2D eigenvalue weighted by Gasteiger charge is 2.56. The van der Waals surface area contributed by atoms with E-state index >= 15 is 0 Å². The molecule has 2 amide bonds. The molecular formula is C22H26N2O2. The zero-order valence-corrected chi connectivity index (χ0v) is 15.8.